The van der Waals surface area contributed by atoms with Crippen LogP contribution in [0.25, 0.3) is 0 Å². The smallest absolute Gasteiger partial charge is 0.250 e. The van der Waals surface area contributed by atoms with Crippen molar-refractivity contribution in [3.63, 3.8) is 0 Å². The number of benzene rings is 1. The van der Waals surface area contributed by atoms with Crippen LogP contribution in [0.15, 0.2) is 30.3 Å². The number of carbonyl (C=O) groups excluding carboxylic acids is 6. The molecule has 4 rings (SSSR count). The van der Waals surface area contributed by atoms with E-state index in [-0.39, 0.29) is 17.7 Å². The Balaban J connectivity index is 1.48. The maximum atomic E-state index is 14.5. The lowest BCUT2D eigenvalue weighted by molar-refractivity contribution is -0.147. The maximum absolute atomic E-state index is 14.5. The Morgan fingerprint density at radius 1 is 0.800 bits per heavy atom. The summed E-state index contributed by atoms with van der Waals surface area (Å²) < 4.78 is 0. The molecule has 3 fully saturated rings. The fourth-order valence-corrected chi connectivity index (χ4v) is 8.70. The van der Waals surface area contributed by atoms with Gasteiger partial charge in [-0.1, -0.05) is 76.3 Å². The van der Waals surface area contributed by atoms with Crippen molar-refractivity contribution in [2.24, 2.45) is 11.8 Å². The van der Waals surface area contributed by atoms with Crippen molar-refractivity contribution < 1.29 is 33.9 Å². The zero-order valence-corrected chi connectivity index (χ0v) is 34.0. The number of piperidine rings is 1. The average molecular weight is 785 g/mol. The van der Waals surface area contributed by atoms with Crippen LogP contribution in [0.3, 0.4) is 0 Å². The second kappa shape index (κ2) is 22.2. The Kier molecular flexibility index (Phi) is 17.8. The highest BCUT2D eigenvalue weighted by molar-refractivity contribution is 7.98. The van der Waals surface area contributed by atoms with Crippen LogP contribution in [-0.4, -0.2) is 112 Å². The van der Waals surface area contributed by atoms with Gasteiger partial charge in [-0.3, -0.25) is 28.8 Å². The Labute approximate surface area is 331 Å². The van der Waals surface area contributed by atoms with E-state index in [0.717, 1.165) is 19.3 Å². The van der Waals surface area contributed by atoms with Crippen molar-refractivity contribution in [1.29, 1.82) is 0 Å². The normalized spacial score (nSPS) is 21.8. The Bertz CT molecular complexity index is 1440. The third-order valence-corrected chi connectivity index (χ3v) is 12.1. The second-order valence-corrected chi connectivity index (χ2v) is 16.6. The number of carbonyl (C=O) groups is 6. The Morgan fingerprint density at radius 3 is 2.07 bits per heavy atom. The lowest BCUT2D eigenvalue weighted by atomic mass is 9.79. The molecule has 3 aliphatic rings. The van der Waals surface area contributed by atoms with Crippen molar-refractivity contribution in [1.82, 2.24) is 31.1 Å². The maximum Gasteiger partial charge on any atom is 0.250 e. The number of thioether (sulfide) groups is 1. The first-order valence-electron chi connectivity index (χ1n) is 20.5. The molecule has 55 heavy (non-hydrogen) atoms. The molecule has 2 aliphatic heterocycles. The van der Waals surface area contributed by atoms with Gasteiger partial charge in [0, 0.05) is 26.1 Å². The van der Waals surface area contributed by atoms with Crippen LogP contribution in [0.5, 0.6) is 0 Å². The van der Waals surface area contributed by atoms with Gasteiger partial charge in [0.25, 0.3) is 0 Å². The van der Waals surface area contributed by atoms with Crippen molar-refractivity contribution in [3.05, 3.63) is 35.9 Å². The third-order valence-electron chi connectivity index (χ3n) is 11.4. The van der Waals surface area contributed by atoms with Gasteiger partial charge < -0.3 is 36.2 Å². The molecule has 0 bridgehead atoms. The van der Waals surface area contributed by atoms with Crippen LogP contribution in [0.4, 0.5) is 0 Å². The Hall–Kier alpha value is -3.65. The number of hydrogen-bond donors (Lipinski definition) is 5. The van der Waals surface area contributed by atoms with Crippen molar-refractivity contribution in [3.8, 4) is 0 Å². The fourth-order valence-electron chi connectivity index (χ4n) is 8.23. The van der Waals surface area contributed by atoms with E-state index in [0.29, 0.717) is 81.8 Å². The molecule has 1 unspecified atom stereocenters. The highest BCUT2D eigenvalue weighted by atomic mass is 32.2. The molecule has 0 aromatic heterocycles. The predicted molar refractivity (Wildman–Crippen MR) is 214 cm³/mol. The van der Waals surface area contributed by atoms with E-state index in [9.17, 15) is 33.9 Å². The number of nitrogens with one attached hydrogen (secondary N) is 4. The van der Waals surface area contributed by atoms with Gasteiger partial charge in [0.2, 0.25) is 35.4 Å². The first-order chi connectivity index (χ1) is 26.5. The van der Waals surface area contributed by atoms with Gasteiger partial charge in [-0.2, -0.15) is 11.8 Å². The van der Waals surface area contributed by atoms with Gasteiger partial charge in [-0.25, -0.2) is 0 Å². The SMILES string of the molecule is CCCNC(=O)[C@@H](NC(=O)[C@@H]1CCCN1C(=O)[C@H](CCSC)NC(=O)[C@@H]1CCCCN1C(=O)[C@@H](NC(=O)C[C@H](C)C1CCCCC1)c1ccccc1)C(C)O. The molecule has 306 valence electrons. The average Bonchev–Trinajstić information content (AvgIpc) is 3.70. The molecule has 13 nitrogen and oxygen atoms in total. The van der Waals surface area contributed by atoms with E-state index in [2.05, 4.69) is 28.2 Å². The summed E-state index contributed by atoms with van der Waals surface area (Å²) in [5.41, 5.74) is 0.642. The first-order valence-corrected chi connectivity index (χ1v) is 21.9. The van der Waals surface area contributed by atoms with Crippen LogP contribution in [0.2, 0.25) is 0 Å². The molecule has 2 heterocycles. The van der Waals surface area contributed by atoms with Crippen LogP contribution in [0, 0.1) is 11.8 Å². The number of nitrogens with zero attached hydrogens (tertiary/aromatic N) is 2. The minimum Gasteiger partial charge on any atom is -0.391 e. The minimum atomic E-state index is -1.18. The molecular formula is C41H64N6O7S. The van der Waals surface area contributed by atoms with Gasteiger partial charge in [-0.05, 0) is 81.3 Å². The molecule has 6 amide bonds. The summed E-state index contributed by atoms with van der Waals surface area (Å²) in [6.45, 7) is 6.47. The molecule has 5 N–H and O–H groups in total. The first kappa shape index (κ1) is 44.1. The monoisotopic (exact) mass is 784 g/mol. The minimum absolute atomic E-state index is 0.188. The van der Waals surface area contributed by atoms with Crippen molar-refractivity contribution in [2.45, 2.75) is 141 Å². The predicted octanol–water partition coefficient (Wildman–Crippen LogP) is 3.45. The van der Waals surface area contributed by atoms with Crippen LogP contribution < -0.4 is 21.3 Å². The molecule has 14 heteroatoms. The third kappa shape index (κ3) is 12.4. The summed E-state index contributed by atoms with van der Waals surface area (Å²) in [6, 6.07) is 4.32. The summed E-state index contributed by atoms with van der Waals surface area (Å²) in [7, 11) is 0. The lowest BCUT2D eigenvalue weighted by Crippen LogP contribution is -2.60. The standard InChI is InChI=1S/C41H64N6O7S/c1-5-22-42-39(52)35(28(3)48)45-38(51)33-20-14-24-46(33)40(53)31(21-25-55-4)43-37(50)32-19-12-13-23-47(32)41(54)36(30-17-10-7-11-18-30)44-34(49)26-27(2)29-15-8-6-9-16-29/h7,10-11,17-18,27-29,31-33,35-36,48H,5-6,8-9,12-16,19-26H2,1-4H3,(H,42,52)(H,43,50)(H,44,49)(H,45,51)/t27-,28?,31-,32-,33-,35-,36-/m0/s1. The van der Waals surface area contributed by atoms with E-state index in [4.69, 9.17) is 0 Å². The number of aliphatic hydroxyl groups excluding tert-OH is 1. The van der Waals surface area contributed by atoms with Gasteiger partial charge in [0.1, 0.15) is 30.2 Å². The van der Waals surface area contributed by atoms with Crippen molar-refractivity contribution >= 4 is 47.2 Å². The molecule has 1 aromatic rings. The van der Waals surface area contributed by atoms with E-state index in [1.165, 1.54) is 42.8 Å². The number of likely N-dealkylation sites (tertiary alicyclic amines) is 2. The molecule has 2 saturated heterocycles. The molecule has 0 radical (unpaired) electrons. The van der Waals surface area contributed by atoms with Crippen molar-refractivity contribution in [2.75, 3.05) is 31.6 Å². The zero-order valence-electron chi connectivity index (χ0n) is 33.2. The fraction of sp³-hybridized carbons (Fsp3) is 0.707. The highest BCUT2D eigenvalue weighted by Gasteiger charge is 2.42. The van der Waals surface area contributed by atoms with E-state index < -0.39 is 59.9 Å². The number of hydrogen-bond acceptors (Lipinski definition) is 8. The van der Waals surface area contributed by atoms with Gasteiger partial charge in [-0.15, -0.1) is 0 Å². The van der Waals surface area contributed by atoms with Crippen LogP contribution in [0.1, 0.15) is 116 Å². The molecule has 1 aromatic carbocycles. The summed E-state index contributed by atoms with van der Waals surface area (Å²) in [5, 5.41) is 21.6. The van der Waals surface area contributed by atoms with Gasteiger partial charge >= 0.3 is 0 Å². The summed E-state index contributed by atoms with van der Waals surface area (Å²) >= 11 is 1.53. The van der Waals surface area contributed by atoms with E-state index in [1.54, 1.807) is 4.90 Å². The number of amides is 6. The number of aliphatic hydroxyl groups is 1. The number of rotatable bonds is 18. The topological polar surface area (TPSA) is 177 Å². The van der Waals surface area contributed by atoms with E-state index in [1.807, 2.05) is 43.5 Å². The molecule has 1 saturated carbocycles. The van der Waals surface area contributed by atoms with Gasteiger partial charge in [0.05, 0.1) is 6.10 Å². The zero-order chi connectivity index (χ0) is 39.9. The van der Waals surface area contributed by atoms with E-state index >= 15 is 0 Å². The van der Waals surface area contributed by atoms with Crippen LogP contribution >= 0.6 is 11.8 Å². The largest absolute Gasteiger partial charge is 0.391 e. The molecule has 7 atom stereocenters. The van der Waals surface area contributed by atoms with Crippen LogP contribution in [-0.2, 0) is 28.8 Å². The second-order valence-electron chi connectivity index (χ2n) is 15.6. The molecule has 0 spiro atoms. The summed E-state index contributed by atoms with van der Waals surface area (Å²) in [5.74, 6) is -1.18. The summed E-state index contributed by atoms with van der Waals surface area (Å²) in [4.78, 5) is 85.6. The summed E-state index contributed by atoms with van der Waals surface area (Å²) in [6.07, 6.45) is 10.7. The molecular weight excluding hydrogens is 721 g/mol. The quantitative estimate of drug-likeness (QED) is 0.150. The highest BCUT2D eigenvalue weighted by Crippen LogP contribution is 2.32. The molecule has 1 aliphatic carbocycles. The lowest BCUT2D eigenvalue weighted by Gasteiger charge is -2.38. The Morgan fingerprint density at radius 2 is 1.42 bits per heavy atom. The van der Waals surface area contributed by atoms with Gasteiger partial charge in [0.15, 0.2) is 0 Å².